The van der Waals surface area contributed by atoms with E-state index in [-0.39, 0.29) is 5.91 Å². The zero-order valence-corrected chi connectivity index (χ0v) is 15.7. The minimum atomic E-state index is 0.0232. The maximum atomic E-state index is 12.7. The van der Waals surface area contributed by atoms with Crippen molar-refractivity contribution in [2.45, 2.75) is 58.9 Å². The predicted molar refractivity (Wildman–Crippen MR) is 93.3 cm³/mol. The fourth-order valence-corrected chi connectivity index (χ4v) is 6.33. The van der Waals surface area contributed by atoms with Gasteiger partial charge in [-0.05, 0) is 91.5 Å². The second-order valence-electron chi connectivity index (χ2n) is 8.16. The molecule has 0 saturated heterocycles. The summed E-state index contributed by atoms with van der Waals surface area (Å²) in [5.74, 6) is 2.80. The Kier molecular flexibility index (Phi) is 3.82. The van der Waals surface area contributed by atoms with Gasteiger partial charge in [-0.2, -0.15) is 5.10 Å². The molecule has 4 fully saturated rings. The van der Waals surface area contributed by atoms with Crippen LogP contribution in [0.2, 0.25) is 0 Å². The highest BCUT2D eigenvalue weighted by Gasteiger charge is 2.50. The third-order valence-corrected chi connectivity index (χ3v) is 7.31. The Morgan fingerprint density at radius 2 is 1.83 bits per heavy atom. The third-order valence-electron chi connectivity index (χ3n) is 6.36. The van der Waals surface area contributed by atoms with E-state index < -0.39 is 0 Å². The first-order chi connectivity index (χ1) is 11.0. The summed E-state index contributed by atoms with van der Waals surface area (Å²) in [6.45, 7) is 5.52. The van der Waals surface area contributed by atoms with Crippen LogP contribution in [0.3, 0.4) is 0 Å². The molecule has 4 nitrogen and oxygen atoms in total. The normalized spacial score (nSPS) is 34.8. The molecule has 4 bridgehead atoms. The lowest BCUT2D eigenvalue weighted by Gasteiger charge is -2.56. The van der Waals surface area contributed by atoms with Gasteiger partial charge in [0.2, 0.25) is 0 Å². The van der Waals surface area contributed by atoms with Crippen molar-refractivity contribution in [3.05, 3.63) is 15.9 Å². The zero-order chi connectivity index (χ0) is 16.2. The molecule has 4 aliphatic rings. The Bertz CT molecular complexity index is 601. The molecular formula is C18H26BrN3O. The zero-order valence-electron chi connectivity index (χ0n) is 14.1. The maximum Gasteiger partial charge on any atom is 0.270 e. The van der Waals surface area contributed by atoms with Crippen molar-refractivity contribution in [3.63, 3.8) is 0 Å². The van der Waals surface area contributed by atoms with Gasteiger partial charge in [0.15, 0.2) is 0 Å². The third kappa shape index (κ3) is 2.65. The molecule has 23 heavy (non-hydrogen) atoms. The fourth-order valence-electron chi connectivity index (χ4n) is 5.86. The monoisotopic (exact) mass is 379 g/mol. The highest BCUT2D eigenvalue weighted by molar-refractivity contribution is 9.10. The van der Waals surface area contributed by atoms with E-state index >= 15 is 0 Å². The van der Waals surface area contributed by atoms with Gasteiger partial charge in [0.05, 0.1) is 10.2 Å². The summed E-state index contributed by atoms with van der Waals surface area (Å²) >= 11 is 3.53. The summed E-state index contributed by atoms with van der Waals surface area (Å²) in [5.41, 5.74) is 1.93. The van der Waals surface area contributed by atoms with Crippen molar-refractivity contribution in [2.75, 3.05) is 6.54 Å². The van der Waals surface area contributed by atoms with Gasteiger partial charge in [-0.1, -0.05) is 0 Å². The van der Waals surface area contributed by atoms with Gasteiger partial charge in [-0.15, -0.1) is 0 Å². The van der Waals surface area contributed by atoms with Crippen LogP contribution in [0.4, 0.5) is 0 Å². The van der Waals surface area contributed by atoms with Gasteiger partial charge >= 0.3 is 0 Å². The first-order valence-electron chi connectivity index (χ1n) is 9.01. The molecule has 1 aromatic rings. The number of rotatable bonds is 4. The maximum absolute atomic E-state index is 12.7. The summed E-state index contributed by atoms with van der Waals surface area (Å²) in [6, 6.07) is 0. The van der Waals surface area contributed by atoms with E-state index in [2.05, 4.69) is 26.3 Å². The van der Waals surface area contributed by atoms with E-state index in [0.29, 0.717) is 17.7 Å². The van der Waals surface area contributed by atoms with Crippen molar-refractivity contribution < 1.29 is 4.79 Å². The summed E-state index contributed by atoms with van der Waals surface area (Å²) in [6.07, 6.45) is 8.31. The van der Waals surface area contributed by atoms with E-state index in [1.54, 1.807) is 4.68 Å². The van der Waals surface area contributed by atoms with E-state index in [1.807, 2.05) is 13.8 Å². The van der Waals surface area contributed by atoms with Crippen LogP contribution in [-0.4, -0.2) is 22.2 Å². The quantitative estimate of drug-likeness (QED) is 0.861. The molecule has 1 N–H and O–H groups in total. The highest BCUT2D eigenvalue weighted by atomic mass is 79.9. The van der Waals surface area contributed by atoms with Crippen LogP contribution >= 0.6 is 15.9 Å². The molecule has 1 heterocycles. The molecule has 0 aliphatic heterocycles. The number of nitrogens with one attached hydrogen (secondary N) is 1. The minimum Gasteiger partial charge on any atom is -0.350 e. The minimum absolute atomic E-state index is 0.0232. The molecule has 0 aromatic carbocycles. The van der Waals surface area contributed by atoms with Crippen LogP contribution in [0, 0.1) is 30.1 Å². The SMILES string of the molecule is CCn1nc(C)c(Br)c1C(=O)NCC12CC3CC(CC(C3)C1)C2. The fraction of sp³-hybridized carbons (Fsp3) is 0.778. The van der Waals surface area contributed by atoms with Crippen LogP contribution in [0.5, 0.6) is 0 Å². The van der Waals surface area contributed by atoms with Gasteiger partial charge < -0.3 is 5.32 Å². The largest absolute Gasteiger partial charge is 0.350 e. The summed E-state index contributed by atoms with van der Waals surface area (Å²) in [7, 11) is 0. The number of hydrogen-bond donors (Lipinski definition) is 1. The molecule has 0 unspecified atom stereocenters. The number of nitrogens with zero attached hydrogens (tertiary/aromatic N) is 2. The Morgan fingerprint density at radius 3 is 2.35 bits per heavy atom. The van der Waals surface area contributed by atoms with Gasteiger partial charge in [0.1, 0.15) is 5.69 Å². The lowest BCUT2D eigenvalue weighted by atomic mass is 9.49. The first kappa shape index (κ1) is 15.7. The molecule has 4 saturated carbocycles. The molecule has 5 rings (SSSR count). The average molecular weight is 380 g/mol. The second-order valence-corrected chi connectivity index (χ2v) is 8.96. The highest BCUT2D eigenvalue weighted by Crippen LogP contribution is 2.59. The first-order valence-corrected chi connectivity index (χ1v) is 9.80. The van der Waals surface area contributed by atoms with E-state index in [0.717, 1.165) is 34.5 Å². The van der Waals surface area contributed by atoms with E-state index in [4.69, 9.17) is 0 Å². The van der Waals surface area contributed by atoms with Gasteiger partial charge in [0, 0.05) is 13.1 Å². The second kappa shape index (κ2) is 5.61. The molecule has 4 aliphatic carbocycles. The molecular weight excluding hydrogens is 354 g/mol. The van der Waals surface area contributed by atoms with Crippen molar-refractivity contribution in [2.24, 2.45) is 23.2 Å². The molecule has 1 aromatic heterocycles. The lowest BCUT2D eigenvalue weighted by molar-refractivity contribution is -0.0503. The molecule has 0 radical (unpaired) electrons. The summed E-state index contributed by atoms with van der Waals surface area (Å²) in [5, 5.41) is 7.69. The number of aromatic nitrogens is 2. The summed E-state index contributed by atoms with van der Waals surface area (Å²) < 4.78 is 2.64. The van der Waals surface area contributed by atoms with Crippen LogP contribution in [0.1, 0.15) is 61.6 Å². The van der Waals surface area contributed by atoms with Gasteiger partial charge in [0.25, 0.3) is 5.91 Å². The number of aryl methyl sites for hydroxylation is 2. The number of amides is 1. The molecule has 1 amide bonds. The van der Waals surface area contributed by atoms with Crippen molar-refractivity contribution in [1.82, 2.24) is 15.1 Å². The molecule has 0 atom stereocenters. The number of hydrogen-bond acceptors (Lipinski definition) is 2. The Balaban J connectivity index is 1.48. The molecule has 0 spiro atoms. The standard InChI is InChI=1S/C18H26BrN3O/c1-3-22-16(15(19)11(2)21-22)17(23)20-10-18-7-12-4-13(8-18)6-14(5-12)9-18/h12-14H,3-10H2,1-2H3,(H,20,23). The van der Waals surface area contributed by atoms with Crippen molar-refractivity contribution in [1.29, 1.82) is 0 Å². The topological polar surface area (TPSA) is 46.9 Å². The Hall–Kier alpha value is -0.840. The van der Waals surface area contributed by atoms with Crippen LogP contribution in [-0.2, 0) is 6.54 Å². The van der Waals surface area contributed by atoms with E-state index in [1.165, 1.54) is 38.5 Å². The van der Waals surface area contributed by atoms with Crippen molar-refractivity contribution >= 4 is 21.8 Å². The molecule has 126 valence electrons. The van der Waals surface area contributed by atoms with Gasteiger partial charge in [-0.25, -0.2) is 0 Å². The molecule has 5 heteroatoms. The van der Waals surface area contributed by atoms with Crippen LogP contribution < -0.4 is 5.32 Å². The smallest absolute Gasteiger partial charge is 0.270 e. The number of halogens is 1. The average Bonchev–Trinajstić information content (AvgIpc) is 2.79. The number of carbonyl (C=O) groups is 1. The Morgan fingerprint density at radius 1 is 1.26 bits per heavy atom. The van der Waals surface area contributed by atoms with Crippen LogP contribution in [0.25, 0.3) is 0 Å². The lowest BCUT2D eigenvalue weighted by Crippen LogP contribution is -2.51. The van der Waals surface area contributed by atoms with E-state index in [9.17, 15) is 4.79 Å². The van der Waals surface area contributed by atoms with Gasteiger partial charge in [-0.3, -0.25) is 9.48 Å². The van der Waals surface area contributed by atoms with Crippen molar-refractivity contribution in [3.8, 4) is 0 Å². The predicted octanol–water partition coefficient (Wildman–Crippen LogP) is 3.92. The number of carbonyl (C=O) groups excluding carboxylic acids is 1. The Labute approximate surface area is 146 Å². The summed E-state index contributed by atoms with van der Waals surface area (Å²) in [4.78, 5) is 12.7. The van der Waals surface area contributed by atoms with Crippen LogP contribution in [0.15, 0.2) is 4.47 Å².